The van der Waals surface area contributed by atoms with Gasteiger partial charge in [-0.1, -0.05) is 13.8 Å². The van der Waals surface area contributed by atoms with Gasteiger partial charge in [-0.25, -0.2) is 13.1 Å². The van der Waals surface area contributed by atoms with Crippen molar-refractivity contribution in [2.75, 3.05) is 5.32 Å². The summed E-state index contributed by atoms with van der Waals surface area (Å²) >= 11 is 0. The van der Waals surface area contributed by atoms with E-state index in [0.717, 1.165) is 12.8 Å². The summed E-state index contributed by atoms with van der Waals surface area (Å²) in [6, 6.07) is 5.90. The monoisotopic (exact) mass is 311 g/mol. The molecule has 1 aliphatic rings. The molecule has 116 valence electrons. The van der Waals surface area contributed by atoms with Crippen LogP contribution in [0.3, 0.4) is 0 Å². The second-order valence-electron chi connectivity index (χ2n) is 5.69. The molecule has 0 radical (unpaired) electrons. The van der Waals surface area contributed by atoms with Crippen LogP contribution in [0, 0.1) is 5.92 Å². The standard InChI is InChI=1S/C14H21N3O3S/c1-9(2)13(14(15)18)16-10-5-7-12(8-6-10)21(19,20)17-11-3-4-11/h5-9,11,13,16-17H,3-4H2,1-2H3,(H2,15,18). The second-order valence-corrected chi connectivity index (χ2v) is 7.40. The van der Waals surface area contributed by atoms with E-state index in [-0.39, 0.29) is 16.9 Å². The van der Waals surface area contributed by atoms with Gasteiger partial charge >= 0.3 is 0 Å². The van der Waals surface area contributed by atoms with Crippen molar-refractivity contribution in [3.8, 4) is 0 Å². The maximum Gasteiger partial charge on any atom is 0.240 e. The molecule has 1 aromatic carbocycles. The lowest BCUT2D eigenvalue weighted by Crippen LogP contribution is -2.39. The van der Waals surface area contributed by atoms with Gasteiger partial charge in [0.2, 0.25) is 15.9 Å². The van der Waals surface area contributed by atoms with Gasteiger partial charge in [0, 0.05) is 11.7 Å². The van der Waals surface area contributed by atoms with E-state index in [1.54, 1.807) is 12.1 Å². The minimum Gasteiger partial charge on any atom is -0.373 e. The molecule has 4 N–H and O–H groups in total. The average molecular weight is 311 g/mol. The molecule has 6 nitrogen and oxygen atoms in total. The molecular weight excluding hydrogens is 290 g/mol. The number of nitrogens with one attached hydrogen (secondary N) is 2. The Labute approximate surface area is 125 Å². The third-order valence-electron chi connectivity index (χ3n) is 3.36. The molecule has 0 saturated heterocycles. The Morgan fingerprint density at radius 2 is 1.81 bits per heavy atom. The highest BCUT2D eigenvalue weighted by Crippen LogP contribution is 2.23. The quantitative estimate of drug-likeness (QED) is 0.700. The van der Waals surface area contributed by atoms with Crippen molar-refractivity contribution in [1.82, 2.24) is 4.72 Å². The molecule has 0 heterocycles. The minimum absolute atomic E-state index is 0.0439. The first kappa shape index (κ1) is 15.8. The van der Waals surface area contributed by atoms with Gasteiger partial charge in [0.1, 0.15) is 6.04 Å². The Hall–Kier alpha value is -1.60. The summed E-state index contributed by atoms with van der Waals surface area (Å²) in [6.45, 7) is 3.78. The van der Waals surface area contributed by atoms with Gasteiger partial charge in [0.05, 0.1) is 4.90 Å². The first-order valence-electron chi connectivity index (χ1n) is 6.98. The van der Waals surface area contributed by atoms with Crippen LogP contribution in [-0.2, 0) is 14.8 Å². The highest BCUT2D eigenvalue weighted by molar-refractivity contribution is 7.89. The second kappa shape index (κ2) is 6.03. The van der Waals surface area contributed by atoms with Crippen molar-refractivity contribution in [1.29, 1.82) is 0 Å². The van der Waals surface area contributed by atoms with Crippen molar-refractivity contribution < 1.29 is 13.2 Å². The van der Waals surface area contributed by atoms with E-state index in [1.807, 2.05) is 13.8 Å². The van der Waals surface area contributed by atoms with Crippen molar-refractivity contribution in [3.05, 3.63) is 24.3 Å². The molecule has 1 atom stereocenters. The van der Waals surface area contributed by atoms with E-state index in [9.17, 15) is 13.2 Å². The van der Waals surface area contributed by atoms with Crippen LogP contribution < -0.4 is 15.8 Å². The number of nitrogens with two attached hydrogens (primary N) is 1. The summed E-state index contributed by atoms with van der Waals surface area (Å²) in [5.41, 5.74) is 6.00. The number of amides is 1. The molecule has 0 aromatic heterocycles. The highest BCUT2D eigenvalue weighted by atomic mass is 32.2. The number of primary amides is 1. The molecule has 2 rings (SSSR count). The van der Waals surface area contributed by atoms with Crippen LogP contribution in [0.5, 0.6) is 0 Å². The van der Waals surface area contributed by atoms with Crippen LogP contribution in [0.2, 0.25) is 0 Å². The van der Waals surface area contributed by atoms with E-state index in [1.165, 1.54) is 12.1 Å². The van der Waals surface area contributed by atoms with Crippen LogP contribution in [0.1, 0.15) is 26.7 Å². The molecule has 0 spiro atoms. The Morgan fingerprint density at radius 3 is 2.24 bits per heavy atom. The first-order valence-corrected chi connectivity index (χ1v) is 8.46. The molecule has 21 heavy (non-hydrogen) atoms. The highest BCUT2D eigenvalue weighted by Gasteiger charge is 2.28. The average Bonchev–Trinajstić information content (AvgIpc) is 3.19. The number of anilines is 1. The summed E-state index contributed by atoms with van der Waals surface area (Å²) < 4.78 is 26.7. The lowest BCUT2D eigenvalue weighted by Gasteiger charge is -2.20. The third kappa shape index (κ3) is 4.18. The lowest BCUT2D eigenvalue weighted by molar-refractivity contribution is -0.119. The Balaban J connectivity index is 2.09. The lowest BCUT2D eigenvalue weighted by atomic mass is 10.0. The molecule has 0 bridgehead atoms. The first-order chi connectivity index (χ1) is 9.79. The van der Waals surface area contributed by atoms with Gasteiger partial charge in [0.15, 0.2) is 0 Å². The predicted octanol–water partition coefficient (Wildman–Crippen LogP) is 1.05. The number of hydrogen-bond acceptors (Lipinski definition) is 4. The molecule has 0 aliphatic heterocycles. The molecule has 1 aromatic rings. The fourth-order valence-electron chi connectivity index (χ4n) is 1.96. The summed E-state index contributed by atoms with van der Waals surface area (Å²) in [4.78, 5) is 11.6. The number of carbonyl (C=O) groups excluding carboxylic acids is 1. The molecule has 1 fully saturated rings. The number of benzene rings is 1. The number of hydrogen-bond donors (Lipinski definition) is 3. The van der Waals surface area contributed by atoms with E-state index < -0.39 is 22.0 Å². The van der Waals surface area contributed by atoms with E-state index in [4.69, 9.17) is 5.73 Å². The molecular formula is C14H21N3O3S. The van der Waals surface area contributed by atoms with Gasteiger partial charge < -0.3 is 11.1 Å². The van der Waals surface area contributed by atoms with Crippen LogP contribution >= 0.6 is 0 Å². The van der Waals surface area contributed by atoms with Gasteiger partial charge in [-0.15, -0.1) is 0 Å². The largest absolute Gasteiger partial charge is 0.373 e. The zero-order valence-corrected chi connectivity index (χ0v) is 13.0. The zero-order valence-electron chi connectivity index (χ0n) is 12.2. The van der Waals surface area contributed by atoms with Gasteiger partial charge in [-0.05, 0) is 43.0 Å². The number of sulfonamides is 1. The van der Waals surface area contributed by atoms with Crippen molar-refractivity contribution in [3.63, 3.8) is 0 Å². The topological polar surface area (TPSA) is 101 Å². The van der Waals surface area contributed by atoms with Gasteiger partial charge in [-0.3, -0.25) is 4.79 Å². The molecule has 1 saturated carbocycles. The predicted molar refractivity (Wildman–Crippen MR) is 81.2 cm³/mol. The van der Waals surface area contributed by atoms with E-state index in [2.05, 4.69) is 10.0 Å². The number of rotatable bonds is 7. The zero-order chi connectivity index (χ0) is 15.6. The Bertz CT molecular complexity index is 607. The van der Waals surface area contributed by atoms with Crippen LogP contribution in [0.25, 0.3) is 0 Å². The van der Waals surface area contributed by atoms with Crippen LogP contribution in [-0.4, -0.2) is 26.4 Å². The fourth-order valence-corrected chi connectivity index (χ4v) is 3.27. The Morgan fingerprint density at radius 1 is 1.24 bits per heavy atom. The van der Waals surface area contributed by atoms with Gasteiger partial charge in [-0.2, -0.15) is 0 Å². The molecule has 1 aliphatic carbocycles. The third-order valence-corrected chi connectivity index (χ3v) is 4.90. The Kier molecular flexibility index (Phi) is 4.53. The van der Waals surface area contributed by atoms with Gasteiger partial charge in [0.25, 0.3) is 0 Å². The number of carbonyl (C=O) groups is 1. The summed E-state index contributed by atoms with van der Waals surface area (Å²) in [7, 11) is -3.44. The van der Waals surface area contributed by atoms with Crippen LogP contribution in [0.15, 0.2) is 29.2 Å². The maximum absolute atomic E-state index is 12.0. The smallest absolute Gasteiger partial charge is 0.240 e. The maximum atomic E-state index is 12.0. The summed E-state index contributed by atoms with van der Waals surface area (Å²) in [6.07, 6.45) is 1.79. The normalized spacial score (nSPS) is 16.7. The summed E-state index contributed by atoms with van der Waals surface area (Å²) in [5.74, 6) is -0.389. The molecule has 1 amide bonds. The fraction of sp³-hybridized carbons (Fsp3) is 0.500. The molecule has 1 unspecified atom stereocenters. The minimum atomic E-state index is -3.44. The van der Waals surface area contributed by atoms with Crippen molar-refractivity contribution in [2.24, 2.45) is 11.7 Å². The van der Waals surface area contributed by atoms with E-state index in [0.29, 0.717) is 5.69 Å². The van der Waals surface area contributed by atoms with Crippen molar-refractivity contribution >= 4 is 21.6 Å². The molecule has 7 heteroatoms. The summed E-state index contributed by atoms with van der Waals surface area (Å²) in [5, 5.41) is 3.02. The van der Waals surface area contributed by atoms with E-state index >= 15 is 0 Å². The SMILES string of the molecule is CC(C)C(Nc1ccc(S(=O)(=O)NC2CC2)cc1)C(N)=O. The van der Waals surface area contributed by atoms with Crippen molar-refractivity contribution in [2.45, 2.75) is 43.7 Å². The van der Waals surface area contributed by atoms with Crippen LogP contribution in [0.4, 0.5) is 5.69 Å².